The summed E-state index contributed by atoms with van der Waals surface area (Å²) in [6.07, 6.45) is 0. The Labute approximate surface area is 101 Å². The van der Waals surface area contributed by atoms with Crippen molar-refractivity contribution in [3.05, 3.63) is 0 Å². The van der Waals surface area contributed by atoms with Gasteiger partial charge in [-0.1, -0.05) is 0 Å². The van der Waals surface area contributed by atoms with E-state index >= 15 is 0 Å². The molecule has 7 heteroatoms. The molecule has 0 saturated carbocycles. The van der Waals surface area contributed by atoms with Crippen molar-refractivity contribution in [2.24, 2.45) is 0 Å². The Hall–Kier alpha value is -0.280. The van der Waals surface area contributed by atoms with Crippen LogP contribution in [-0.4, -0.2) is 65.3 Å². The lowest BCUT2D eigenvalue weighted by Gasteiger charge is -2.49. The minimum atomic E-state index is -2.21. The summed E-state index contributed by atoms with van der Waals surface area (Å²) >= 11 is 0. The smallest absolute Gasteiger partial charge is 0.343 e. The molecule has 0 atom stereocenters. The largest absolute Gasteiger partial charge is 0.349 e. The van der Waals surface area contributed by atoms with Gasteiger partial charge in [0.25, 0.3) is 0 Å². The number of aliphatic hydroxyl groups is 1. The van der Waals surface area contributed by atoms with Gasteiger partial charge in [-0.2, -0.15) is 0 Å². The zero-order chi connectivity index (χ0) is 13.7. The van der Waals surface area contributed by atoms with Gasteiger partial charge in [-0.05, 0) is 6.92 Å². The lowest BCUT2D eigenvalue weighted by Crippen LogP contribution is -2.71. The first-order chi connectivity index (χ1) is 7.86. The normalized spacial score (nSPS) is 14.1. The highest BCUT2D eigenvalue weighted by atomic mass is 16.9. The van der Waals surface area contributed by atoms with Gasteiger partial charge < -0.3 is 33.5 Å². The molecule has 0 amide bonds. The maximum absolute atomic E-state index is 10.3. The molecule has 0 fully saturated rings. The van der Waals surface area contributed by atoms with E-state index in [1.54, 1.807) is 0 Å². The van der Waals surface area contributed by atoms with E-state index in [4.69, 9.17) is 28.4 Å². The molecule has 0 aliphatic carbocycles. The third-order valence-electron chi connectivity index (χ3n) is 2.92. The van der Waals surface area contributed by atoms with Gasteiger partial charge in [-0.3, -0.25) is 0 Å². The molecule has 17 heavy (non-hydrogen) atoms. The minimum Gasteiger partial charge on any atom is -0.349 e. The highest BCUT2D eigenvalue weighted by Crippen LogP contribution is 2.40. The summed E-state index contributed by atoms with van der Waals surface area (Å²) in [5.74, 6) is -5.51. The van der Waals surface area contributed by atoms with Gasteiger partial charge in [-0.15, -0.1) is 0 Å². The summed E-state index contributed by atoms with van der Waals surface area (Å²) in [5, 5.41) is 10.3. The highest BCUT2D eigenvalue weighted by molar-refractivity contribution is 4.92. The first kappa shape index (κ1) is 16.7. The van der Waals surface area contributed by atoms with Crippen LogP contribution in [0.25, 0.3) is 0 Å². The van der Waals surface area contributed by atoms with Crippen LogP contribution in [0.2, 0.25) is 0 Å². The van der Waals surface area contributed by atoms with Gasteiger partial charge in [0.2, 0.25) is 5.79 Å². The molecule has 0 heterocycles. The molecule has 0 saturated heterocycles. The van der Waals surface area contributed by atoms with Crippen molar-refractivity contribution in [2.45, 2.75) is 24.5 Å². The van der Waals surface area contributed by atoms with Gasteiger partial charge in [0.05, 0.1) is 0 Å². The molecule has 0 bridgehead atoms. The van der Waals surface area contributed by atoms with E-state index in [9.17, 15) is 5.11 Å². The van der Waals surface area contributed by atoms with Crippen LogP contribution in [-0.2, 0) is 28.4 Å². The standard InChI is InChI=1S/C10H22O7/c1-8(12-2,13-3)9(14-4,15-5)10(11,16-6)17-7/h11H,1-7H3. The number of rotatable bonds is 8. The predicted octanol–water partition coefficient (Wildman–Crippen LogP) is -0.0766. The molecule has 0 aromatic carbocycles. The van der Waals surface area contributed by atoms with Crippen LogP contribution in [0.4, 0.5) is 0 Å². The molecule has 0 aromatic heterocycles. The van der Waals surface area contributed by atoms with Crippen LogP contribution in [0.15, 0.2) is 0 Å². The molecular weight excluding hydrogens is 232 g/mol. The summed E-state index contributed by atoms with van der Waals surface area (Å²) in [6, 6.07) is 0. The summed E-state index contributed by atoms with van der Waals surface area (Å²) in [7, 11) is 7.85. The fourth-order valence-electron chi connectivity index (χ4n) is 1.70. The topological polar surface area (TPSA) is 75.6 Å². The monoisotopic (exact) mass is 254 g/mol. The van der Waals surface area contributed by atoms with Crippen LogP contribution < -0.4 is 0 Å². The number of methoxy groups -OCH3 is 6. The first-order valence-corrected chi connectivity index (χ1v) is 4.90. The van der Waals surface area contributed by atoms with E-state index < -0.39 is 17.5 Å². The molecule has 0 spiro atoms. The van der Waals surface area contributed by atoms with Crippen LogP contribution in [0.5, 0.6) is 0 Å². The Balaban J connectivity index is 5.73. The van der Waals surface area contributed by atoms with Crippen LogP contribution >= 0.6 is 0 Å². The van der Waals surface area contributed by atoms with Gasteiger partial charge in [0.1, 0.15) is 0 Å². The van der Waals surface area contributed by atoms with Crippen molar-refractivity contribution in [2.75, 3.05) is 42.7 Å². The van der Waals surface area contributed by atoms with Crippen molar-refractivity contribution >= 4 is 0 Å². The van der Waals surface area contributed by atoms with Crippen molar-refractivity contribution in [1.29, 1.82) is 0 Å². The fourth-order valence-corrected chi connectivity index (χ4v) is 1.70. The maximum Gasteiger partial charge on any atom is 0.343 e. The van der Waals surface area contributed by atoms with Gasteiger partial charge >= 0.3 is 11.8 Å². The van der Waals surface area contributed by atoms with E-state index in [-0.39, 0.29) is 0 Å². The third kappa shape index (κ3) is 2.32. The molecule has 0 aromatic rings. The molecule has 104 valence electrons. The zero-order valence-corrected chi connectivity index (χ0v) is 11.4. The quantitative estimate of drug-likeness (QED) is 0.607. The number of hydrogen-bond donors (Lipinski definition) is 1. The third-order valence-corrected chi connectivity index (χ3v) is 2.92. The van der Waals surface area contributed by atoms with Crippen molar-refractivity contribution in [3.8, 4) is 0 Å². The van der Waals surface area contributed by atoms with Crippen molar-refractivity contribution in [3.63, 3.8) is 0 Å². The van der Waals surface area contributed by atoms with Crippen molar-refractivity contribution in [1.82, 2.24) is 0 Å². The molecule has 0 aliphatic rings. The molecule has 0 aliphatic heterocycles. The Morgan fingerprint density at radius 2 is 1.00 bits per heavy atom. The van der Waals surface area contributed by atoms with E-state index in [0.29, 0.717) is 0 Å². The number of hydrogen-bond acceptors (Lipinski definition) is 7. The van der Waals surface area contributed by atoms with Crippen LogP contribution in [0.3, 0.4) is 0 Å². The Morgan fingerprint density at radius 1 is 0.647 bits per heavy atom. The second kappa shape index (κ2) is 6.05. The van der Waals surface area contributed by atoms with Crippen molar-refractivity contribution < 1.29 is 33.5 Å². The minimum absolute atomic E-state index is 1.24. The van der Waals surface area contributed by atoms with E-state index in [0.717, 1.165) is 0 Å². The summed E-state index contributed by atoms with van der Waals surface area (Å²) in [4.78, 5) is 0. The second-order valence-electron chi connectivity index (χ2n) is 3.37. The molecule has 0 unspecified atom stereocenters. The fraction of sp³-hybridized carbons (Fsp3) is 1.00. The SMILES string of the molecule is COC(C)(OC)C(OC)(OC)C(O)(OC)OC. The summed E-state index contributed by atoms with van der Waals surface area (Å²) < 4.78 is 30.6. The lowest BCUT2D eigenvalue weighted by molar-refractivity contribution is -0.526. The Bertz CT molecular complexity index is 199. The van der Waals surface area contributed by atoms with Crippen LogP contribution in [0.1, 0.15) is 6.92 Å². The van der Waals surface area contributed by atoms with Gasteiger partial charge in [0.15, 0.2) is 0 Å². The van der Waals surface area contributed by atoms with E-state index in [1.165, 1.54) is 49.6 Å². The average Bonchev–Trinajstić information content (AvgIpc) is 2.39. The van der Waals surface area contributed by atoms with E-state index in [2.05, 4.69) is 0 Å². The summed E-state index contributed by atoms with van der Waals surface area (Å²) in [6.45, 7) is 1.52. The lowest BCUT2D eigenvalue weighted by atomic mass is 10.0. The van der Waals surface area contributed by atoms with Gasteiger partial charge in [-0.25, -0.2) is 0 Å². The van der Waals surface area contributed by atoms with Gasteiger partial charge in [0, 0.05) is 42.7 Å². The average molecular weight is 254 g/mol. The molecular formula is C10H22O7. The highest BCUT2D eigenvalue weighted by Gasteiger charge is 2.67. The predicted molar refractivity (Wildman–Crippen MR) is 58.1 cm³/mol. The Morgan fingerprint density at radius 3 is 1.18 bits per heavy atom. The zero-order valence-electron chi connectivity index (χ0n) is 11.4. The maximum atomic E-state index is 10.3. The van der Waals surface area contributed by atoms with E-state index in [1.807, 2.05) is 0 Å². The Kier molecular flexibility index (Phi) is 5.95. The molecule has 0 rings (SSSR count). The molecule has 0 radical (unpaired) electrons. The molecule has 1 N–H and O–H groups in total. The first-order valence-electron chi connectivity index (χ1n) is 4.90. The summed E-state index contributed by atoms with van der Waals surface area (Å²) in [5.41, 5.74) is 0. The van der Waals surface area contributed by atoms with Crippen LogP contribution in [0, 0.1) is 0 Å². The second-order valence-corrected chi connectivity index (χ2v) is 3.37. The number of ether oxygens (including phenoxy) is 6. The molecule has 7 nitrogen and oxygen atoms in total.